The highest BCUT2D eigenvalue weighted by molar-refractivity contribution is 7.99. The van der Waals surface area contributed by atoms with Gasteiger partial charge in [-0.2, -0.15) is 5.10 Å². The SMILES string of the molecule is CCN1CCCC1CNC(=O)CSCc1cnn(-c2ccccc2)c1-n1cccc1. The van der Waals surface area contributed by atoms with Gasteiger partial charge >= 0.3 is 0 Å². The van der Waals surface area contributed by atoms with Crippen LogP contribution in [0.1, 0.15) is 25.3 Å². The number of thioether (sulfide) groups is 1. The monoisotopic (exact) mass is 423 g/mol. The number of nitrogens with one attached hydrogen (secondary N) is 1. The molecule has 3 aromatic rings. The lowest BCUT2D eigenvalue weighted by atomic mass is 10.2. The van der Waals surface area contributed by atoms with Gasteiger partial charge in [0.15, 0.2) is 0 Å². The number of carbonyl (C=O) groups excluding carboxylic acids is 1. The molecule has 4 rings (SSSR count). The predicted molar refractivity (Wildman–Crippen MR) is 122 cm³/mol. The number of rotatable bonds is 9. The van der Waals surface area contributed by atoms with Crippen LogP contribution in [0.25, 0.3) is 11.5 Å². The van der Waals surface area contributed by atoms with Gasteiger partial charge in [-0.05, 0) is 50.2 Å². The Hall–Kier alpha value is -2.51. The third-order valence-electron chi connectivity index (χ3n) is 5.60. The highest BCUT2D eigenvalue weighted by atomic mass is 32.2. The van der Waals surface area contributed by atoms with Crippen LogP contribution in [-0.4, -0.2) is 56.6 Å². The molecule has 2 aromatic heterocycles. The zero-order chi connectivity index (χ0) is 20.8. The number of likely N-dealkylation sites (tertiary alicyclic amines) is 1. The molecule has 1 atom stereocenters. The quantitative estimate of drug-likeness (QED) is 0.572. The van der Waals surface area contributed by atoms with E-state index in [-0.39, 0.29) is 5.91 Å². The maximum atomic E-state index is 12.3. The molecule has 1 saturated heterocycles. The van der Waals surface area contributed by atoms with E-state index in [1.54, 1.807) is 11.8 Å². The Morgan fingerprint density at radius 3 is 2.77 bits per heavy atom. The Balaban J connectivity index is 1.37. The third-order valence-corrected chi connectivity index (χ3v) is 6.58. The summed E-state index contributed by atoms with van der Waals surface area (Å²) in [5.41, 5.74) is 2.13. The lowest BCUT2D eigenvalue weighted by Crippen LogP contribution is -2.40. The van der Waals surface area contributed by atoms with Gasteiger partial charge in [-0.15, -0.1) is 11.8 Å². The predicted octanol–water partition coefficient (Wildman–Crippen LogP) is 3.50. The van der Waals surface area contributed by atoms with Crippen molar-refractivity contribution in [3.05, 3.63) is 66.6 Å². The minimum Gasteiger partial charge on any atom is -0.354 e. The highest BCUT2D eigenvalue weighted by Crippen LogP contribution is 2.23. The van der Waals surface area contributed by atoms with E-state index < -0.39 is 0 Å². The number of benzene rings is 1. The summed E-state index contributed by atoms with van der Waals surface area (Å²) in [4.78, 5) is 14.8. The van der Waals surface area contributed by atoms with E-state index in [0.29, 0.717) is 11.8 Å². The largest absolute Gasteiger partial charge is 0.354 e. The van der Waals surface area contributed by atoms with Crippen LogP contribution in [0.15, 0.2) is 61.1 Å². The number of hydrogen-bond donors (Lipinski definition) is 1. The first-order valence-electron chi connectivity index (χ1n) is 10.6. The molecule has 1 aliphatic heterocycles. The van der Waals surface area contributed by atoms with Gasteiger partial charge in [-0.3, -0.25) is 9.69 Å². The zero-order valence-electron chi connectivity index (χ0n) is 17.4. The lowest BCUT2D eigenvalue weighted by molar-refractivity contribution is -0.118. The maximum absolute atomic E-state index is 12.3. The summed E-state index contributed by atoms with van der Waals surface area (Å²) in [5.74, 6) is 2.32. The molecule has 1 N–H and O–H groups in total. The van der Waals surface area contributed by atoms with Crippen molar-refractivity contribution in [2.75, 3.05) is 25.4 Å². The molecule has 0 aliphatic carbocycles. The van der Waals surface area contributed by atoms with Gasteiger partial charge in [-0.25, -0.2) is 4.68 Å². The Kier molecular flexibility index (Phi) is 6.92. The fourth-order valence-electron chi connectivity index (χ4n) is 4.07. The van der Waals surface area contributed by atoms with Crippen molar-refractivity contribution in [3.63, 3.8) is 0 Å². The second-order valence-electron chi connectivity index (χ2n) is 7.55. The number of aromatic nitrogens is 3. The van der Waals surface area contributed by atoms with Crippen LogP contribution in [0, 0.1) is 0 Å². The molecule has 6 nitrogen and oxygen atoms in total. The van der Waals surface area contributed by atoms with Gasteiger partial charge in [0.1, 0.15) is 5.82 Å². The summed E-state index contributed by atoms with van der Waals surface area (Å²) in [6, 6.07) is 14.6. The van der Waals surface area contributed by atoms with E-state index in [9.17, 15) is 4.79 Å². The van der Waals surface area contributed by atoms with Crippen LogP contribution in [0.4, 0.5) is 0 Å². The van der Waals surface area contributed by atoms with Gasteiger partial charge in [0.05, 0.1) is 17.6 Å². The first kappa shape index (κ1) is 20.8. The molecule has 3 heterocycles. The summed E-state index contributed by atoms with van der Waals surface area (Å²) < 4.78 is 4.03. The van der Waals surface area contributed by atoms with Gasteiger partial charge in [0.2, 0.25) is 5.91 Å². The summed E-state index contributed by atoms with van der Waals surface area (Å²) >= 11 is 1.63. The molecule has 1 aliphatic rings. The zero-order valence-corrected chi connectivity index (χ0v) is 18.2. The average Bonchev–Trinajstić information content (AvgIpc) is 3.52. The topological polar surface area (TPSA) is 55.1 Å². The Morgan fingerprint density at radius 2 is 2.00 bits per heavy atom. The van der Waals surface area contributed by atoms with Crippen molar-refractivity contribution in [2.45, 2.75) is 31.6 Å². The van der Waals surface area contributed by atoms with Gasteiger partial charge < -0.3 is 9.88 Å². The summed E-state index contributed by atoms with van der Waals surface area (Å²) in [6.07, 6.45) is 8.37. The Bertz CT molecular complexity index is 938. The molecule has 0 bridgehead atoms. The number of carbonyl (C=O) groups is 1. The second kappa shape index (κ2) is 10.00. The van der Waals surface area contributed by atoms with Gasteiger partial charge in [0, 0.05) is 36.3 Å². The fourth-order valence-corrected chi connectivity index (χ4v) is 4.88. The lowest BCUT2D eigenvalue weighted by Gasteiger charge is -2.22. The summed E-state index contributed by atoms with van der Waals surface area (Å²) in [5, 5.41) is 7.74. The molecule has 158 valence electrons. The molecular formula is C23H29N5OS. The van der Waals surface area contributed by atoms with Crippen LogP contribution in [0.5, 0.6) is 0 Å². The second-order valence-corrected chi connectivity index (χ2v) is 8.54. The summed E-state index contributed by atoms with van der Waals surface area (Å²) in [6.45, 7) is 5.16. The number of hydrogen-bond acceptors (Lipinski definition) is 4. The molecule has 7 heteroatoms. The van der Waals surface area contributed by atoms with Gasteiger partial charge in [-0.1, -0.05) is 25.1 Å². The molecule has 0 saturated carbocycles. The summed E-state index contributed by atoms with van der Waals surface area (Å²) in [7, 11) is 0. The van der Waals surface area contributed by atoms with Gasteiger partial charge in [0.25, 0.3) is 0 Å². The van der Waals surface area contributed by atoms with Crippen LogP contribution >= 0.6 is 11.8 Å². The van der Waals surface area contributed by atoms with Crippen LogP contribution in [0.2, 0.25) is 0 Å². The molecule has 1 aromatic carbocycles. The first-order valence-corrected chi connectivity index (χ1v) is 11.8. The van der Waals surface area contributed by atoms with Crippen LogP contribution < -0.4 is 5.32 Å². The average molecular weight is 424 g/mol. The van der Waals surface area contributed by atoms with Crippen molar-refractivity contribution in [3.8, 4) is 11.5 Å². The van der Waals surface area contributed by atoms with E-state index >= 15 is 0 Å². The number of nitrogens with zero attached hydrogens (tertiary/aromatic N) is 4. The number of likely N-dealkylation sites (N-methyl/N-ethyl adjacent to an activating group) is 1. The van der Waals surface area contributed by atoms with Crippen molar-refractivity contribution in [2.24, 2.45) is 0 Å². The minimum atomic E-state index is 0.112. The van der Waals surface area contributed by atoms with Crippen molar-refractivity contribution in [1.29, 1.82) is 0 Å². The maximum Gasteiger partial charge on any atom is 0.230 e. The van der Waals surface area contributed by atoms with Crippen molar-refractivity contribution in [1.82, 2.24) is 24.6 Å². The third kappa shape index (κ3) is 4.79. The molecule has 0 spiro atoms. The number of para-hydroxylation sites is 1. The first-order chi connectivity index (χ1) is 14.8. The van der Waals surface area contributed by atoms with Crippen molar-refractivity contribution >= 4 is 17.7 Å². The molecule has 30 heavy (non-hydrogen) atoms. The number of amides is 1. The van der Waals surface area contributed by atoms with Crippen LogP contribution in [-0.2, 0) is 10.5 Å². The van der Waals surface area contributed by atoms with Crippen LogP contribution in [0.3, 0.4) is 0 Å². The molecule has 1 unspecified atom stereocenters. The standard InChI is InChI=1S/C23H29N5OS/c1-2-26-14-8-11-21(26)16-24-22(29)18-30-17-19-15-25-28(20-9-4-3-5-10-20)23(19)27-12-6-7-13-27/h3-7,9-10,12-13,15,21H,2,8,11,14,16-18H2,1H3,(H,24,29). The Morgan fingerprint density at radius 1 is 1.20 bits per heavy atom. The van der Waals surface area contributed by atoms with E-state index in [2.05, 4.69) is 26.8 Å². The minimum absolute atomic E-state index is 0.112. The van der Waals surface area contributed by atoms with E-state index in [4.69, 9.17) is 0 Å². The molecule has 1 amide bonds. The Labute approximate surface area is 182 Å². The van der Waals surface area contributed by atoms with E-state index in [0.717, 1.165) is 42.5 Å². The van der Waals surface area contributed by atoms with E-state index in [1.807, 2.05) is 65.7 Å². The molecule has 0 radical (unpaired) electrons. The highest BCUT2D eigenvalue weighted by Gasteiger charge is 2.23. The smallest absolute Gasteiger partial charge is 0.230 e. The normalized spacial score (nSPS) is 16.8. The van der Waals surface area contributed by atoms with E-state index in [1.165, 1.54) is 12.8 Å². The molecular weight excluding hydrogens is 394 g/mol. The fraction of sp³-hybridized carbons (Fsp3) is 0.391. The molecule has 1 fully saturated rings. The van der Waals surface area contributed by atoms with Crippen molar-refractivity contribution < 1.29 is 4.79 Å².